The zero-order valence-corrected chi connectivity index (χ0v) is 12.1. The minimum absolute atomic E-state index is 0. The molecule has 1 aliphatic carbocycles. The van der Waals surface area contributed by atoms with Gasteiger partial charge in [0.05, 0.1) is 0 Å². The highest BCUT2D eigenvalue weighted by molar-refractivity contribution is 5.85. The van der Waals surface area contributed by atoms with Gasteiger partial charge in [-0.25, -0.2) is 0 Å². The Morgan fingerprint density at radius 3 is 2.35 bits per heavy atom. The molecule has 1 amide bonds. The highest BCUT2D eigenvalue weighted by Crippen LogP contribution is 2.30. The normalized spacial score (nSPS) is 25.8. The monoisotopic (exact) mass is 262 g/mol. The lowest BCUT2D eigenvalue weighted by Gasteiger charge is -2.27. The maximum Gasteiger partial charge on any atom is 0.223 e. The van der Waals surface area contributed by atoms with Crippen LogP contribution in [-0.4, -0.2) is 25.5 Å². The van der Waals surface area contributed by atoms with Crippen LogP contribution in [0, 0.1) is 11.8 Å². The van der Waals surface area contributed by atoms with Gasteiger partial charge in [-0.15, -0.1) is 12.4 Å². The zero-order valence-electron chi connectivity index (χ0n) is 11.3. The molecule has 0 aliphatic heterocycles. The maximum atomic E-state index is 11.9. The summed E-state index contributed by atoms with van der Waals surface area (Å²) >= 11 is 0. The van der Waals surface area contributed by atoms with Gasteiger partial charge in [0.25, 0.3) is 0 Å². The summed E-state index contributed by atoms with van der Waals surface area (Å²) in [5.74, 6) is 1.39. The first-order valence-electron chi connectivity index (χ1n) is 6.62. The van der Waals surface area contributed by atoms with E-state index in [1.54, 1.807) is 0 Å². The Morgan fingerprint density at radius 2 is 1.88 bits per heavy atom. The third kappa shape index (κ3) is 5.73. The van der Waals surface area contributed by atoms with Crippen molar-refractivity contribution in [2.75, 3.05) is 13.6 Å². The van der Waals surface area contributed by atoms with Crippen molar-refractivity contribution >= 4 is 18.3 Å². The summed E-state index contributed by atoms with van der Waals surface area (Å²) in [5, 5.41) is 6.16. The third-order valence-electron chi connectivity index (χ3n) is 3.87. The van der Waals surface area contributed by atoms with Gasteiger partial charge in [0.2, 0.25) is 5.91 Å². The van der Waals surface area contributed by atoms with Crippen molar-refractivity contribution in [1.82, 2.24) is 10.6 Å². The third-order valence-corrected chi connectivity index (χ3v) is 3.87. The molecular weight excluding hydrogens is 236 g/mol. The Balaban J connectivity index is 0.00000256. The smallest absolute Gasteiger partial charge is 0.223 e. The van der Waals surface area contributed by atoms with Gasteiger partial charge in [-0.3, -0.25) is 4.79 Å². The van der Waals surface area contributed by atoms with Gasteiger partial charge in [0.15, 0.2) is 0 Å². The molecule has 1 saturated carbocycles. The van der Waals surface area contributed by atoms with Crippen molar-refractivity contribution in [2.24, 2.45) is 11.8 Å². The summed E-state index contributed by atoms with van der Waals surface area (Å²) in [6.07, 6.45) is 5.90. The fourth-order valence-corrected chi connectivity index (χ4v) is 2.33. The van der Waals surface area contributed by atoms with Crippen LogP contribution in [0.2, 0.25) is 0 Å². The number of amides is 1. The van der Waals surface area contributed by atoms with Gasteiger partial charge in [-0.2, -0.15) is 0 Å². The molecule has 1 fully saturated rings. The number of nitrogens with one attached hydrogen (secondary N) is 2. The van der Waals surface area contributed by atoms with Crippen molar-refractivity contribution in [3.8, 4) is 0 Å². The quantitative estimate of drug-likeness (QED) is 0.799. The molecule has 2 N–H and O–H groups in total. The fraction of sp³-hybridized carbons (Fsp3) is 0.923. The molecule has 0 aromatic rings. The molecule has 0 radical (unpaired) electrons. The summed E-state index contributed by atoms with van der Waals surface area (Å²) in [5.41, 5.74) is 0. The van der Waals surface area contributed by atoms with E-state index in [0.717, 1.165) is 25.3 Å². The van der Waals surface area contributed by atoms with Crippen LogP contribution in [0.25, 0.3) is 0 Å². The first-order valence-corrected chi connectivity index (χ1v) is 6.62. The van der Waals surface area contributed by atoms with Crippen LogP contribution in [0.1, 0.15) is 46.0 Å². The number of carbonyl (C=O) groups excluding carboxylic acids is 1. The van der Waals surface area contributed by atoms with Gasteiger partial charge in [0.1, 0.15) is 0 Å². The van der Waals surface area contributed by atoms with Crippen LogP contribution in [0.4, 0.5) is 0 Å². The van der Waals surface area contributed by atoms with E-state index >= 15 is 0 Å². The summed E-state index contributed by atoms with van der Waals surface area (Å²) in [4.78, 5) is 11.9. The first-order chi connectivity index (χ1) is 7.67. The number of likely N-dealkylation sites (N-methyl/N-ethyl adjacent to an activating group) is 1. The van der Waals surface area contributed by atoms with Gasteiger partial charge < -0.3 is 10.6 Å². The Morgan fingerprint density at radius 1 is 1.29 bits per heavy atom. The topological polar surface area (TPSA) is 41.1 Å². The van der Waals surface area contributed by atoms with E-state index < -0.39 is 0 Å². The Bertz CT molecular complexity index is 215. The van der Waals surface area contributed by atoms with E-state index in [-0.39, 0.29) is 24.2 Å². The average molecular weight is 263 g/mol. The van der Waals surface area contributed by atoms with Crippen molar-refractivity contribution in [1.29, 1.82) is 0 Å². The molecule has 102 valence electrons. The van der Waals surface area contributed by atoms with Crippen molar-refractivity contribution < 1.29 is 4.79 Å². The minimum atomic E-state index is 0. The van der Waals surface area contributed by atoms with E-state index in [9.17, 15) is 4.79 Å². The lowest BCUT2D eigenvalue weighted by Crippen LogP contribution is -2.40. The van der Waals surface area contributed by atoms with Crippen molar-refractivity contribution in [2.45, 2.75) is 52.0 Å². The SMILES string of the molecule is CCC1CCC(C(=O)NCC(C)NC)CC1.Cl. The summed E-state index contributed by atoms with van der Waals surface area (Å²) in [6, 6.07) is 0.357. The molecule has 0 saturated heterocycles. The molecule has 3 nitrogen and oxygen atoms in total. The van der Waals surface area contributed by atoms with Gasteiger partial charge in [-0.1, -0.05) is 13.3 Å². The summed E-state index contributed by atoms with van der Waals surface area (Å²) in [7, 11) is 1.92. The predicted octanol–water partition coefficient (Wildman–Crippen LogP) is 2.35. The average Bonchev–Trinajstić information content (AvgIpc) is 2.35. The molecule has 1 atom stereocenters. The Labute approximate surface area is 112 Å². The molecule has 0 spiro atoms. The van der Waals surface area contributed by atoms with Crippen LogP contribution in [0.5, 0.6) is 0 Å². The van der Waals surface area contributed by atoms with E-state index in [0.29, 0.717) is 6.04 Å². The summed E-state index contributed by atoms with van der Waals surface area (Å²) < 4.78 is 0. The Kier molecular flexibility index (Phi) is 8.61. The second-order valence-corrected chi connectivity index (χ2v) is 5.06. The van der Waals surface area contributed by atoms with E-state index in [2.05, 4.69) is 24.5 Å². The largest absolute Gasteiger partial charge is 0.354 e. The van der Waals surface area contributed by atoms with Crippen LogP contribution in [0.3, 0.4) is 0 Å². The molecule has 1 rings (SSSR count). The maximum absolute atomic E-state index is 11.9. The first kappa shape index (κ1) is 16.7. The van der Waals surface area contributed by atoms with Gasteiger partial charge >= 0.3 is 0 Å². The Hall–Kier alpha value is -0.280. The lowest BCUT2D eigenvalue weighted by molar-refractivity contribution is -0.126. The van der Waals surface area contributed by atoms with E-state index in [1.165, 1.54) is 19.3 Å². The van der Waals surface area contributed by atoms with E-state index in [1.807, 2.05) is 7.05 Å². The minimum Gasteiger partial charge on any atom is -0.354 e. The molecular formula is C13H27ClN2O. The van der Waals surface area contributed by atoms with Crippen molar-refractivity contribution in [3.05, 3.63) is 0 Å². The van der Waals surface area contributed by atoms with Crippen LogP contribution in [-0.2, 0) is 4.79 Å². The molecule has 0 heterocycles. The second-order valence-electron chi connectivity index (χ2n) is 5.06. The van der Waals surface area contributed by atoms with E-state index in [4.69, 9.17) is 0 Å². The number of halogens is 1. The molecule has 1 aliphatic rings. The molecule has 0 aromatic carbocycles. The number of carbonyl (C=O) groups is 1. The molecule has 0 bridgehead atoms. The number of hydrogen-bond donors (Lipinski definition) is 2. The number of rotatable bonds is 5. The molecule has 4 heteroatoms. The molecule has 1 unspecified atom stereocenters. The zero-order chi connectivity index (χ0) is 12.0. The van der Waals surface area contributed by atoms with Crippen molar-refractivity contribution in [3.63, 3.8) is 0 Å². The standard InChI is InChI=1S/C13H26N2O.ClH/c1-4-11-5-7-12(8-6-11)13(16)15-9-10(2)14-3;/h10-12,14H,4-9H2,1-3H3,(H,15,16);1H. The van der Waals surface area contributed by atoms with Gasteiger partial charge in [-0.05, 0) is 45.6 Å². The van der Waals surface area contributed by atoms with Gasteiger partial charge in [0, 0.05) is 18.5 Å². The highest BCUT2D eigenvalue weighted by atomic mass is 35.5. The number of hydrogen-bond acceptors (Lipinski definition) is 2. The highest BCUT2D eigenvalue weighted by Gasteiger charge is 2.25. The fourth-order valence-electron chi connectivity index (χ4n) is 2.33. The molecule has 17 heavy (non-hydrogen) atoms. The summed E-state index contributed by atoms with van der Waals surface area (Å²) in [6.45, 7) is 5.07. The van der Waals surface area contributed by atoms with Crippen LogP contribution in [0.15, 0.2) is 0 Å². The second kappa shape index (κ2) is 8.76. The predicted molar refractivity (Wildman–Crippen MR) is 74.5 cm³/mol. The molecule has 0 aromatic heterocycles. The van der Waals surface area contributed by atoms with Crippen LogP contribution < -0.4 is 10.6 Å². The lowest BCUT2D eigenvalue weighted by atomic mass is 9.80. The van der Waals surface area contributed by atoms with Crippen LogP contribution >= 0.6 is 12.4 Å².